The van der Waals surface area contributed by atoms with Crippen LogP contribution < -0.4 is 4.74 Å². The molecule has 0 fully saturated rings. The molecule has 134 valence electrons. The van der Waals surface area contributed by atoms with Gasteiger partial charge in [-0.05, 0) is 24.6 Å². The minimum Gasteiger partial charge on any atom is -0.481 e. The Morgan fingerprint density at radius 3 is 2.60 bits per heavy atom. The summed E-state index contributed by atoms with van der Waals surface area (Å²) in [6.07, 6.45) is -3.80. The highest BCUT2D eigenvalue weighted by atomic mass is 35.5. The molecule has 2 rings (SSSR count). The van der Waals surface area contributed by atoms with Crippen LogP contribution in [0.1, 0.15) is 28.4 Å². The Hall–Kier alpha value is -2.28. The van der Waals surface area contributed by atoms with Crippen LogP contribution in [-0.4, -0.2) is 29.4 Å². The monoisotopic (exact) mass is 372 g/mol. The Kier molecular flexibility index (Phi) is 5.89. The normalized spacial score (nSPS) is 11.3. The van der Waals surface area contributed by atoms with E-state index in [1.165, 1.54) is 12.0 Å². The van der Waals surface area contributed by atoms with Crippen LogP contribution in [0.15, 0.2) is 36.5 Å². The highest BCUT2D eigenvalue weighted by Gasteiger charge is 2.37. The third kappa shape index (κ3) is 4.63. The van der Waals surface area contributed by atoms with Crippen LogP contribution in [0.3, 0.4) is 0 Å². The van der Waals surface area contributed by atoms with Crippen LogP contribution in [0.2, 0.25) is 5.02 Å². The minimum absolute atomic E-state index is 0.138. The second-order valence-corrected chi connectivity index (χ2v) is 5.66. The number of hydrogen-bond acceptors (Lipinski definition) is 3. The highest BCUT2D eigenvalue weighted by molar-refractivity contribution is 6.30. The Morgan fingerprint density at radius 1 is 1.32 bits per heavy atom. The first-order chi connectivity index (χ1) is 11.8. The zero-order valence-electron chi connectivity index (χ0n) is 13.6. The van der Waals surface area contributed by atoms with Crippen molar-refractivity contribution in [1.29, 1.82) is 0 Å². The molecular formula is C17H16ClF3N2O2. The van der Waals surface area contributed by atoms with Gasteiger partial charge in [-0.15, -0.1) is 0 Å². The van der Waals surface area contributed by atoms with Crippen molar-refractivity contribution < 1.29 is 22.7 Å². The number of benzene rings is 1. The molecule has 0 saturated heterocycles. The number of carbonyl (C=O) groups excluding carboxylic acids is 1. The molecular weight excluding hydrogens is 357 g/mol. The van der Waals surface area contributed by atoms with Gasteiger partial charge in [-0.1, -0.05) is 23.7 Å². The third-order valence-electron chi connectivity index (χ3n) is 3.56. The minimum atomic E-state index is -4.70. The topological polar surface area (TPSA) is 42.4 Å². The zero-order chi connectivity index (χ0) is 18.6. The van der Waals surface area contributed by atoms with Crippen molar-refractivity contribution >= 4 is 17.5 Å². The van der Waals surface area contributed by atoms with Gasteiger partial charge in [0, 0.05) is 30.4 Å². The van der Waals surface area contributed by atoms with Gasteiger partial charge in [0.25, 0.3) is 5.91 Å². The van der Waals surface area contributed by atoms with Crippen LogP contribution >= 0.6 is 11.6 Å². The lowest BCUT2D eigenvalue weighted by molar-refractivity contribution is -0.138. The van der Waals surface area contributed by atoms with Crippen LogP contribution in [0, 0.1) is 0 Å². The number of ether oxygens (including phenoxy) is 1. The Balaban J connectivity index is 2.37. The van der Waals surface area contributed by atoms with Gasteiger partial charge >= 0.3 is 6.18 Å². The van der Waals surface area contributed by atoms with E-state index < -0.39 is 23.2 Å². The fraction of sp³-hybridized carbons (Fsp3) is 0.294. The molecule has 0 aliphatic rings. The van der Waals surface area contributed by atoms with Crippen LogP contribution in [0.5, 0.6) is 5.88 Å². The maximum Gasteiger partial charge on any atom is 0.417 e. The summed E-state index contributed by atoms with van der Waals surface area (Å²) in [7, 11) is 1.21. The van der Waals surface area contributed by atoms with Gasteiger partial charge in [-0.25, -0.2) is 4.98 Å². The molecule has 1 aromatic carbocycles. The number of carbonyl (C=O) groups is 1. The summed E-state index contributed by atoms with van der Waals surface area (Å²) in [5.74, 6) is -0.966. The molecule has 25 heavy (non-hydrogen) atoms. The molecule has 1 amide bonds. The maximum atomic E-state index is 13.3. The fourth-order valence-electron chi connectivity index (χ4n) is 2.31. The van der Waals surface area contributed by atoms with E-state index in [1.54, 1.807) is 31.2 Å². The summed E-state index contributed by atoms with van der Waals surface area (Å²) in [6.45, 7) is 2.06. The smallest absolute Gasteiger partial charge is 0.417 e. The number of aromatic nitrogens is 1. The van der Waals surface area contributed by atoms with Gasteiger partial charge in [0.2, 0.25) is 5.88 Å². The van der Waals surface area contributed by atoms with Crippen molar-refractivity contribution in [2.24, 2.45) is 0 Å². The Bertz CT molecular complexity index is 766. The zero-order valence-corrected chi connectivity index (χ0v) is 14.4. The van der Waals surface area contributed by atoms with Crippen molar-refractivity contribution in [3.8, 4) is 5.88 Å². The van der Waals surface area contributed by atoms with Crippen LogP contribution in [-0.2, 0) is 12.7 Å². The van der Waals surface area contributed by atoms with Gasteiger partial charge in [0.05, 0.1) is 18.2 Å². The van der Waals surface area contributed by atoms with E-state index in [2.05, 4.69) is 4.98 Å². The second-order valence-electron chi connectivity index (χ2n) is 5.22. The quantitative estimate of drug-likeness (QED) is 0.780. The van der Waals surface area contributed by atoms with Crippen molar-refractivity contribution in [1.82, 2.24) is 9.88 Å². The molecule has 0 bridgehead atoms. The van der Waals surface area contributed by atoms with Crippen molar-refractivity contribution in [2.45, 2.75) is 19.6 Å². The van der Waals surface area contributed by atoms with Crippen molar-refractivity contribution in [3.05, 3.63) is 58.2 Å². The molecule has 4 nitrogen and oxygen atoms in total. The van der Waals surface area contributed by atoms with Crippen LogP contribution in [0.25, 0.3) is 0 Å². The predicted molar refractivity (Wildman–Crippen MR) is 87.7 cm³/mol. The first-order valence-electron chi connectivity index (χ1n) is 7.41. The fourth-order valence-corrected chi connectivity index (χ4v) is 2.52. The number of pyridine rings is 1. The average Bonchev–Trinajstić information content (AvgIpc) is 2.57. The summed E-state index contributed by atoms with van der Waals surface area (Å²) >= 11 is 5.91. The van der Waals surface area contributed by atoms with E-state index in [9.17, 15) is 18.0 Å². The molecule has 2 aromatic rings. The first kappa shape index (κ1) is 19.1. The first-order valence-corrected chi connectivity index (χ1v) is 7.79. The summed E-state index contributed by atoms with van der Waals surface area (Å²) in [4.78, 5) is 17.7. The lowest BCUT2D eigenvalue weighted by Crippen LogP contribution is -2.32. The number of nitrogens with zero attached hydrogens (tertiary/aromatic N) is 2. The molecule has 8 heteroatoms. The Labute approximate surface area is 148 Å². The molecule has 0 atom stereocenters. The number of amides is 1. The Morgan fingerprint density at radius 2 is 2.04 bits per heavy atom. The molecule has 0 spiro atoms. The highest BCUT2D eigenvalue weighted by Crippen LogP contribution is 2.34. The van der Waals surface area contributed by atoms with E-state index in [1.807, 2.05) is 0 Å². The maximum absolute atomic E-state index is 13.3. The van der Waals surface area contributed by atoms with Gasteiger partial charge in [0.15, 0.2) is 0 Å². The van der Waals surface area contributed by atoms with E-state index in [0.717, 1.165) is 17.8 Å². The number of methoxy groups -OCH3 is 1. The SMILES string of the molecule is CCN(Cc1cccc(Cl)c1)C(=O)c1cnc(OC)cc1C(F)(F)F. The number of alkyl halides is 3. The summed E-state index contributed by atoms with van der Waals surface area (Å²) in [5.41, 5.74) is -0.871. The molecule has 0 saturated carbocycles. The van der Waals surface area contributed by atoms with Crippen molar-refractivity contribution in [2.75, 3.05) is 13.7 Å². The average molecular weight is 373 g/mol. The van der Waals surface area contributed by atoms with E-state index in [4.69, 9.17) is 16.3 Å². The van der Waals surface area contributed by atoms with Crippen LogP contribution in [0.4, 0.5) is 13.2 Å². The van der Waals surface area contributed by atoms with E-state index in [0.29, 0.717) is 5.02 Å². The molecule has 0 N–H and O–H groups in total. The molecule has 1 aromatic heterocycles. The van der Waals surface area contributed by atoms with Gasteiger partial charge in [-0.3, -0.25) is 4.79 Å². The molecule has 0 unspecified atom stereocenters. The van der Waals surface area contributed by atoms with Crippen molar-refractivity contribution in [3.63, 3.8) is 0 Å². The molecule has 1 heterocycles. The largest absolute Gasteiger partial charge is 0.481 e. The number of halogens is 4. The second kappa shape index (κ2) is 7.74. The third-order valence-corrected chi connectivity index (χ3v) is 3.79. The lowest BCUT2D eigenvalue weighted by Gasteiger charge is -2.23. The molecule has 0 aliphatic carbocycles. The van der Waals surface area contributed by atoms with E-state index >= 15 is 0 Å². The van der Waals surface area contributed by atoms with Gasteiger partial charge in [0.1, 0.15) is 0 Å². The number of rotatable bonds is 5. The molecule has 0 radical (unpaired) electrons. The van der Waals surface area contributed by atoms with Gasteiger partial charge in [-0.2, -0.15) is 13.2 Å². The predicted octanol–water partition coefficient (Wildman–Crippen LogP) is 4.42. The molecule has 0 aliphatic heterocycles. The van der Waals surface area contributed by atoms with E-state index in [-0.39, 0.29) is 19.0 Å². The van der Waals surface area contributed by atoms with Gasteiger partial charge < -0.3 is 9.64 Å². The number of hydrogen-bond donors (Lipinski definition) is 0. The summed E-state index contributed by atoms with van der Waals surface area (Å²) < 4.78 is 44.6. The lowest BCUT2D eigenvalue weighted by atomic mass is 10.1. The summed E-state index contributed by atoms with van der Waals surface area (Å²) in [6, 6.07) is 7.53. The summed E-state index contributed by atoms with van der Waals surface area (Å²) in [5, 5.41) is 0.489. The standard InChI is InChI=1S/C17H16ClF3N2O2/c1-3-23(10-11-5-4-6-12(18)7-11)16(24)13-9-22-15(25-2)8-14(13)17(19,20)21/h4-9H,3,10H2,1-2H3.